The summed E-state index contributed by atoms with van der Waals surface area (Å²) in [4.78, 5) is 1.36. The van der Waals surface area contributed by atoms with Gasteiger partial charge in [0, 0.05) is 10.6 Å². The predicted octanol–water partition coefficient (Wildman–Crippen LogP) is 3.61. The Morgan fingerprint density at radius 3 is 2.50 bits per heavy atom. The van der Waals surface area contributed by atoms with E-state index in [9.17, 15) is 0 Å². The maximum atomic E-state index is 5.78. The summed E-state index contributed by atoms with van der Waals surface area (Å²) in [5, 5.41) is 2.12. The average Bonchev–Trinajstić information content (AvgIpc) is 2.57. The minimum absolute atomic E-state index is 0.863. The van der Waals surface area contributed by atoms with Crippen molar-refractivity contribution in [2.24, 2.45) is 0 Å². The molecule has 0 bridgehead atoms. The van der Waals surface area contributed by atoms with Crippen molar-refractivity contribution in [3.63, 3.8) is 0 Å². The van der Waals surface area contributed by atoms with Crippen LogP contribution in [0.3, 0.4) is 0 Å². The molecule has 0 atom stereocenters. The molecule has 0 aliphatic carbocycles. The van der Waals surface area contributed by atoms with Crippen LogP contribution in [0.5, 0.6) is 0 Å². The van der Waals surface area contributed by atoms with Crippen LogP contribution in [0, 0.1) is 13.8 Å². The van der Waals surface area contributed by atoms with E-state index in [0.29, 0.717) is 0 Å². The number of hydrogen-bond acceptors (Lipinski definition) is 2. The molecule has 0 fully saturated rings. The van der Waals surface area contributed by atoms with E-state index in [0.717, 1.165) is 11.3 Å². The summed E-state index contributed by atoms with van der Waals surface area (Å²) < 4.78 is 0. The first kappa shape index (κ1) is 9.28. The molecule has 0 saturated heterocycles. The molecule has 2 N–H and O–H groups in total. The number of anilines is 1. The van der Waals surface area contributed by atoms with Crippen molar-refractivity contribution < 1.29 is 0 Å². The highest BCUT2D eigenvalue weighted by Crippen LogP contribution is 2.29. The van der Waals surface area contributed by atoms with Gasteiger partial charge in [0.2, 0.25) is 0 Å². The number of rotatable bonds is 1. The molecular formula is C12H13NS. The maximum Gasteiger partial charge on any atom is 0.0344 e. The van der Waals surface area contributed by atoms with Crippen LogP contribution in [0.25, 0.3) is 11.1 Å². The monoisotopic (exact) mass is 203 g/mol. The molecule has 1 aromatic heterocycles. The van der Waals surface area contributed by atoms with Gasteiger partial charge in [-0.1, -0.05) is 6.07 Å². The van der Waals surface area contributed by atoms with Gasteiger partial charge < -0.3 is 5.73 Å². The first-order valence-electron chi connectivity index (χ1n) is 4.59. The lowest BCUT2D eigenvalue weighted by atomic mass is 10.0. The van der Waals surface area contributed by atoms with Crippen LogP contribution < -0.4 is 5.73 Å². The second-order valence-electron chi connectivity index (χ2n) is 3.46. The Bertz CT molecular complexity index is 457. The van der Waals surface area contributed by atoms with Crippen molar-refractivity contribution >= 4 is 17.0 Å². The third-order valence-electron chi connectivity index (χ3n) is 2.44. The Labute approximate surface area is 88.2 Å². The van der Waals surface area contributed by atoms with Crippen molar-refractivity contribution in [3.8, 4) is 11.1 Å². The molecule has 2 aromatic rings. The summed E-state index contributed by atoms with van der Waals surface area (Å²) in [5.41, 5.74) is 10.4. The maximum absolute atomic E-state index is 5.78. The number of nitrogens with two attached hydrogens (primary N) is 1. The van der Waals surface area contributed by atoms with E-state index in [1.54, 1.807) is 11.3 Å². The van der Waals surface area contributed by atoms with E-state index in [-0.39, 0.29) is 0 Å². The second kappa shape index (κ2) is 3.46. The summed E-state index contributed by atoms with van der Waals surface area (Å²) in [6.45, 7) is 4.19. The first-order chi connectivity index (χ1) is 6.68. The molecule has 0 radical (unpaired) electrons. The summed E-state index contributed by atoms with van der Waals surface area (Å²) in [6.07, 6.45) is 0. The summed E-state index contributed by atoms with van der Waals surface area (Å²) in [6, 6.07) is 8.36. The van der Waals surface area contributed by atoms with Gasteiger partial charge in [-0.3, -0.25) is 0 Å². The lowest BCUT2D eigenvalue weighted by Gasteiger charge is -2.04. The fourth-order valence-electron chi connectivity index (χ4n) is 1.53. The van der Waals surface area contributed by atoms with Gasteiger partial charge in [-0.25, -0.2) is 0 Å². The van der Waals surface area contributed by atoms with Crippen LogP contribution in [0.1, 0.15) is 10.4 Å². The van der Waals surface area contributed by atoms with Gasteiger partial charge in [-0.15, -0.1) is 11.3 Å². The Morgan fingerprint density at radius 1 is 1.14 bits per heavy atom. The van der Waals surface area contributed by atoms with Crippen LogP contribution in [0.15, 0.2) is 29.6 Å². The van der Waals surface area contributed by atoms with E-state index in [1.165, 1.54) is 16.0 Å². The molecule has 0 unspecified atom stereocenters. The fraction of sp³-hybridized carbons (Fsp3) is 0.167. The highest BCUT2D eigenvalue weighted by molar-refractivity contribution is 7.10. The molecule has 0 aliphatic rings. The Hall–Kier alpha value is -1.28. The van der Waals surface area contributed by atoms with Crippen LogP contribution >= 0.6 is 11.3 Å². The molecule has 2 rings (SSSR count). The third kappa shape index (κ3) is 1.53. The zero-order chi connectivity index (χ0) is 10.1. The Kier molecular flexibility index (Phi) is 2.30. The van der Waals surface area contributed by atoms with E-state index in [2.05, 4.69) is 30.5 Å². The minimum Gasteiger partial charge on any atom is -0.399 e. The molecule has 2 heteroatoms. The van der Waals surface area contributed by atoms with Gasteiger partial charge in [0.1, 0.15) is 0 Å². The highest BCUT2D eigenvalue weighted by Gasteiger charge is 2.03. The van der Waals surface area contributed by atoms with Crippen LogP contribution in [0.2, 0.25) is 0 Å². The molecule has 14 heavy (non-hydrogen) atoms. The summed E-state index contributed by atoms with van der Waals surface area (Å²) in [5.74, 6) is 0. The Morgan fingerprint density at radius 2 is 1.93 bits per heavy atom. The van der Waals surface area contributed by atoms with E-state index < -0.39 is 0 Å². The standard InChI is InChI=1S/C12H13NS/c1-8-7-10(3-4-12(8)13)11-5-6-14-9(11)2/h3-7H,13H2,1-2H3. The number of thiophene rings is 1. The summed E-state index contributed by atoms with van der Waals surface area (Å²) >= 11 is 1.78. The lowest BCUT2D eigenvalue weighted by molar-refractivity contribution is 1.46. The van der Waals surface area contributed by atoms with Crippen LogP contribution in [-0.4, -0.2) is 0 Å². The van der Waals surface area contributed by atoms with Gasteiger partial charge in [0.05, 0.1) is 0 Å². The van der Waals surface area contributed by atoms with E-state index in [4.69, 9.17) is 5.73 Å². The first-order valence-corrected chi connectivity index (χ1v) is 5.47. The largest absolute Gasteiger partial charge is 0.399 e. The number of benzene rings is 1. The lowest BCUT2D eigenvalue weighted by Crippen LogP contribution is -1.89. The van der Waals surface area contributed by atoms with Crippen LogP contribution in [-0.2, 0) is 0 Å². The van der Waals surface area contributed by atoms with E-state index >= 15 is 0 Å². The fourth-order valence-corrected chi connectivity index (χ4v) is 2.25. The zero-order valence-corrected chi connectivity index (χ0v) is 9.19. The van der Waals surface area contributed by atoms with Crippen molar-refractivity contribution in [2.75, 3.05) is 5.73 Å². The van der Waals surface area contributed by atoms with Crippen molar-refractivity contribution in [3.05, 3.63) is 40.1 Å². The predicted molar refractivity (Wildman–Crippen MR) is 63.6 cm³/mol. The van der Waals surface area contributed by atoms with Gasteiger partial charge >= 0.3 is 0 Å². The smallest absolute Gasteiger partial charge is 0.0344 e. The second-order valence-corrected chi connectivity index (χ2v) is 4.58. The SMILES string of the molecule is Cc1cc(-c2ccsc2C)ccc1N. The molecule has 1 aromatic carbocycles. The van der Waals surface area contributed by atoms with Crippen molar-refractivity contribution in [2.45, 2.75) is 13.8 Å². The topological polar surface area (TPSA) is 26.0 Å². The molecule has 1 nitrogen and oxygen atoms in total. The molecule has 1 heterocycles. The summed E-state index contributed by atoms with van der Waals surface area (Å²) in [7, 11) is 0. The normalized spacial score (nSPS) is 10.4. The molecular weight excluding hydrogens is 190 g/mol. The van der Waals surface area contributed by atoms with Gasteiger partial charge in [-0.2, -0.15) is 0 Å². The van der Waals surface area contributed by atoms with Gasteiger partial charge in [-0.05, 0) is 54.1 Å². The number of nitrogen functional groups attached to an aromatic ring is 1. The molecule has 72 valence electrons. The van der Waals surface area contributed by atoms with Crippen molar-refractivity contribution in [1.82, 2.24) is 0 Å². The van der Waals surface area contributed by atoms with Crippen molar-refractivity contribution in [1.29, 1.82) is 0 Å². The molecule has 0 amide bonds. The highest BCUT2D eigenvalue weighted by atomic mass is 32.1. The van der Waals surface area contributed by atoms with Crippen LogP contribution in [0.4, 0.5) is 5.69 Å². The van der Waals surface area contributed by atoms with Gasteiger partial charge in [0.25, 0.3) is 0 Å². The number of aryl methyl sites for hydroxylation is 2. The zero-order valence-electron chi connectivity index (χ0n) is 8.37. The third-order valence-corrected chi connectivity index (χ3v) is 3.29. The Balaban J connectivity index is 2.53. The molecule has 0 spiro atoms. The average molecular weight is 203 g/mol. The quantitative estimate of drug-likeness (QED) is 0.704. The number of hydrogen-bond donors (Lipinski definition) is 1. The molecule has 0 saturated carbocycles. The van der Waals surface area contributed by atoms with Gasteiger partial charge in [0.15, 0.2) is 0 Å². The molecule has 0 aliphatic heterocycles. The minimum atomic E-state index is 0.863. The van der Waals surface area contributed by atoms with E-state index in [1.807, 2.05) is 13.0 Å².